The van der Waals surface area contributed by atoms with Crippen LogP contribution in [0.2, 0.25) is 0 Å². The quantitative estimate of drug-likeness (QED) is 0.617. The van der Waals surface area contributed by atoms with Gasteiger partial charge >= 0.3 is 5.69 Å². The van der Waals surface area contributed by atoms with Crippen molar-refractivity contribution in [2.24, 2.45) is 0 Å². The van der Waals surface area contributed by atoms with E-state index in [0.29, 0.717) is 4.47 Å². The molecule has 0 spiro atoms. The Hall–Kier alpha value is -2.02. The van der Waals surface area contributed by atoms with Gasteiger partial charge < -0.3 is 4.74 Å². The molecule has 0 unspecified atom stereocenters. The zero-order valence-corrected chi connectivity index (χ0v) is 11.6. The van der Waals surface area contributed by atoms with Gasteiger partial charge in [0.1, 0.15) is 18.2 Å². The van der Waals surface area contributed by atoms with Gasteiger partial charge in [0.05, 0.1) is 9.40 Å². The highest BCUT2D eigenvalue weighted by atomic mass is 79.9. The Morgan fingerprint density at radius 1 is 1.25 bits per heavy atom. The molecule has 0 aliphatic heterocycles. The van der Waals surface area contributed by atoms with E-state index in [9.17, 15) is 18.9 Å². The van der Waals surface area contributed by atoms with Gasteiger partial charge in [-0.2, -0.15) is 4.39 Å². The standard InChI is InChI=1S/C13H8BrF2NO3/c14-10-5-4-9(15)6-12(10)20-7-8-2-1-3-11(13(8)16)17(18)19/h1-6H,7H2. The average molecular weight is 344 g/mol. The van der Waals surface area contributed by atoms with Crippen LogP contribution in [-0.4, -0.2) is 4.92 Å². The van der Waals surface area contributed by atoms with Crippen molar-refractivity contribution in [2.45, 2.75) is 6.61 Å². The van der Waals surface area contributed by atoms with Crippen molar-refractivity contribution in [1.82, 2.24) is 0 Å². The normalized spacial score (nSPS) is 10.3. The van der Waals surface area contributed by atoms with Gasteiger partial charge in [0.15, 0.2) is 0 Å². The zero-order chi connectivity index (χ0) is 14.7. The Balaban J connectivity index is 2.21. The Morgan fingerprint density at radius 3 is 2.70 bits per heavy atom. The summed E-state index contributed by atoms with van der Waals surface area (Å²) in [7, 11) is 0. The summed E-state index contributed by atoms with van der Waals surface area (Å²) >= 11 is 3.17. The van der Waals surface area contributed by atoms with Crippen LogP contribution < -0.4 is 4.74 Å². The monoisotopic (exact) mass is 343 g/mol. The van der Waals surface area contributed by atoms with E-state index in [4.69, 9.17) is 4.74 Å². The second-order valence-corrected chi connectivity index (χ2v) is 4.73. The van der Waals surface area contributed by atoms with Gasteiger partial charge in [-0.25, -0.2) is 4.39 Å². The molecule has 0 radical (unpaired) electrons. The minimum absolute atomic E-state index is 0.0235. The number of ether oxygens (including phenoxy) is 1. The Kier molecular flexibility index (Phi) is 4.29. The van der Waals surface area contributed by atoms with Gasteiger partial charge in [-0.1, -0.05) is 12.1 Å². The molecule has 4 nitrogen and oxygen atoms in total. The van der Waals surface area contributed by atoms with Crippen LogP contribution in [0.25, 0.3) is 0 Å². The summed E-state index contributed by atoms with van der Waals surface area (Å²) in [6, 6.07) is 7.63. The summed E-state index contributed by atoms with van der Waals surface area (Å²) in [6.45, 7) is -0.241. The lowest BCUT2D eigenvalue weighted by Gasteiger charge is -2.09. The summed E-state index contributed by atoms with van der Waals surface area (Å²) in [5.41, 5.74) is -0.597. The van der Waals surface area contributed by atoms with Crippen LogP contribution in [0.4, 0.5) is 14.5 Å². The first-order chi connectivity index (χ1) is 9.49. The highest BCUT2D eigenvalue weighted by Gasteiger charge is 2.17. The molecule has 2 rings (SSSR count). The van der Waals surface area contributed by atoms with Crippen molar-refractivity contribution in [1.29, 1.82) is 0 Å². The minimum atomic E-state index is -0.954. The first-order valence-corrected chi connectivity index (χ1v) is 6.28. The van der Waals surface area contributed by atoms with Gasteiger partial charge in [-0.3, -0.25) is 10.1 Å². The molecule has 0 heterocycles. The summed E-state index contributed by atoms with van der Waals surface area (Å²) in [6.07, 6.45) is 0. The molecular formula is C13H8BrF2NO3. The van der Waals surface area contributed by atoms with Gasteiger partial charge in [0.25, 0.3) is 0 Å². The van der Waals surface area contributed by atoms with Crippen molar-refractivity contribution in [3.63, 3.8) is 0 Å². The first-order valence-electron chi connectivity index (χ1n) is 5.48. The van der Waals surface area contributed by atoms with E-state index < -0.39 is 22.2 Å². The number of hydrogen-bond donors (Lipinski definition) is 0. The molecule has 7 heteroatoms. The van der Waals surface area contributed by atoms with Crippen LogP contribution in [0, 0.1) is 21.7 Å². The third-order valence-electron chi connectivity index (χ3n) is 2.53. The predicted octanol–water partition coefficient (Wildman–Crippen LogP) is 4.21. The number of benzene rings is 2. The van der Waals surface area contributed by atoms with E-state index in [-0.39, 0.29) is 17.9 Å². The summed E-state index contributed by atoms with van der Waals surface area (Å²) in [5.74, 6) is -1.26. The van der Waals surface area contributed by atoms with E-state index >= 15 is 0 Å². The van der Waals surface area contributed by atoms with Crippen molar-refractivity contribution < 1.29 is 18.4 Å². The number of nitrogens with zero attached hydrogens (tertiary/aromatic N) is 1. The number of nitro benzene ring substituents is 1. The Morgan fingerprint density at radius 2 is 2.00 bits per heavy atom. The maximum atomic E-state index is 13.8. The summed E-state index contributed by atoms with van der Waals surface area (Å²) in [4.78, 5) is 9.81. The zero-order valence-electron chi connectivity index (χ0n) is 9.98. The molecule has 0 saturated carbocycles. The third-order valence-corrected chi connectivity index (χ3v) is 3.19. The third kappa shape index (κ3) is 3.11. The number of nitro groups is 1. The molecule has 0 fully saturated rings. The van der Waals surface area contributed by atoms with Gasteiger partial charge in [-0.05, 0) is 28.1 Å². The van der Waals surface area contributed by atoms with Crippen molar-refractivity contribution >= 4 is 21.6 Å². The van der Waals surface area contributed by atoms with Crippen LogP contribution in [0.1, 0.15) is 5.56 Å². The predicted molar refractivity (Wildman–Crippen MR) is 71.5 cm³/mol. The largest absolute Gasteiger partial charge is 0.488 e. The van der Waals surface area contributed by atoms with E-state index in [1.54, 1.807) is 0 Å². The maximum absolute atomic E-state index is 13.8. The molecule has 0 aromatic heterocycles. The van der Waals surface area contributed by atoms with E-state index in [1.807, 2.05) is 0 Å². The molecule has 0 atom stereocenters. The van der Waals surface area contributed by atoms with E-state index in [2.05, 4.69) is 15.9 Å². The molecular weight excluding hydrogens is 336 g/mol. The molecule has 0 bridgehead atoms. The molecule has 0 amide bonds. The number of hydrogen-bond acceptors (Lipinski definition) is 3. The SMILES string of the molecule is O=[N+]([O-])c1cccc(COc2cc(F)ccc2Br)c1F. The molecule has 0 N–H and O–H groups in total. The fraction of sp³-hybridized carbons (Fsp3) is 0.0769. The van der Waals surface area contributed by atoms with Crippen LogP contribution >= 0.6 is 15.9 Å². The average Bonchev–Trinajstić information content (AvgIpc) is 2.41. The lowest BCUT2D eigenvalue weighted by Crippen LogP contribution is -2.02. The maximum Gasteiger partial charge on any atom is 0.305 e. The molecule has 20 heavy (non-hydrogen) atoms. The van der Waals surface area contributed by atoms with Crippen molar-refractivity contribution in [3.05, 3.63) is 68.2 Å². The van der Waals surface area contributed by atoms with Gasteiger partial charge in [0.2, 0.25) is 5.82 Å². The first kappa shape index (κ1) is 14.4. The van der Waals surface area contributed by atoms with Crippen LogP contribution in [0.15, 0.2) is 40.9 Å². The number of rotatable bonds is 4. The number of halogens is 3. The van der Waals surface area contributed by atoms with Crippen molar-refractivity contribution in [2.75, 3.05) is 0 Å². The second-order valence-electron chi connectivity index (χ2n) is 3.87. The topological polar surface area (TPSA) is 52.4 Å². The summed E-state index contributed by atoms with van der Waals surface area (Å²) in [5, 5.41) is 10.6. The summed E-state index contributed by atoms with van der Waals surface area (Å²) < 4.78 is 32.6. The van der Waals surface area contributed by atoms with E-state index in [0.717, 1.165) is 12.1 Å². The van der Waals surface area contributed by atoms with Crippen LogP contribution in [0.3, 0.4) is 0 Å². The molecule has 2 aromatic rings. The smallest absolute Gasteiger partial charge is 0.305 e. The van der Waals surface area contributed by atoms with Gasteiger partial charge in [0, 0.05) is 17.7 Å². The Bertz CT molecular complexity index is 664. The fourth-order valence-electron chi connectivity index (χ4n) is 1.56. The Labute approximate surface area is 121 Å². The van der Waals surface area contributed by atoms with Gasteiger partial charge in [-0.15, -0.1) is 0 Å². The molecule has 0 aliphatic rings. The fourth-order valence-corrected chi connectivity index (χ4v) is 1.92. The molecule has 0 aliphatic carbocycles. The molecule has 104 valence electrons. The van der Waals surface area contributed by atoms with Crippen LogP contribution in [-0.2, 0) is 6.61 Å². The van der Waals surface area contributed by atoms with E-state index in [1.165, 1.54) is 24.3 Å². The lowest BCUT2D eigenvalue weighted by atomic mass is 10.2. The van der Waals surface area contributed by atoms with Crippen LogP contribution in [0.5, 0.6) is 5.75 Å². The second kappa shape index (κ2) is 5.96. The minimum Gasteiger partial charge on any atom is -0.488 e. The molecule has 2 aromatic carbocycles. The highest BCUT2D eigenvalue weighted by Crippen LogP contribution is 2.27. The van der Waals surface area contributed by atoms with Crippen molar-refractivity contribution in [3.8, 4) is 5.75 Å². The molecule has 0 saturated heterocycles. The highest BCUT2D eigenvalue weighted by molar-refractivity contribution is 9.10. The lowest BCUT2D eigenvalue weighted by molar-refractivity contribution is -0.387.